The van der Waals surface area contributed by atoms with Crippen LogP contribution in [0.25, 0.3) is 0 Å². The van der Waals surface area contributed by atoms with Crippen molar-refractivity contribution in [3.05, 3.63) is 83.4 Å². The summed E-state index contributed by atoms with van der Waals surface area (Å²) in [6.45, 7) is 5.64. The molecule has 10 nitrogen and oxygen atoms in total. The molecule has 3 aliphatic heterocycles. The number of methoxy groups -OCH3 is 1. The number of rotatable bonds is 9. The van der Waals surface area contributed by atoms with E-state index in [1.165, 1.54) is 0 Å². The maximum Gasteiger partial charge on any atom is 0.264 e. The van der Waals surface area contributed by atoms with Gasteiger partial charge in [0.2, 0.25) is 14.3 Å². The Morgan fingerprint density at radius 1 is 1.15 bits per heavy atom. The maximum atomic E-state index is 16.3. The molecule has 2 fully saturated rings. The highest BCUT2D eigenvalue weighted by molar-refractivity contribution is 6.72. The summed E-state index contributed by atoms with van der Waals surface area (Å²) in [7, 11) is -1.95. The van der Waals surface area contributed by atoms with Gasteiger partial charge in [-0.25, -0.2) is 0 Å². The van der Waals surface area contributed by atoms with Crippen molar-refractivity contribution in [3.8, 4) is 5.75 Å². The molecule has 5 atom stereocenters. The van der Waals surface area contributed by atoms with Gasteiger partial charge in [0.15, 0.2) is 5.60 Å². The minimum Gasteiger partial charge on any atom is -0.497 e. The predicted octanol–water partition coefficient (Wildman–Crippen LogP) is 5.22. The van der Waals surface area contributed by atoms with Crippen LogP contribution in [0.1, 0.15) is 47.7 Å². The number of nitrogen functional groups attached to an aromatic ring is 1. The lowest BCUT2D eigenvalue weighted by atomic mass is 9.82. The summed E-state index contributed by atoms with van der Waals surface area (Å²) in [5, 5.41) is 12.7. The number of benzene rings is 3. The zero-order valence-corrected chi connectivity index (χ0v) is 28.7. The molecule has 254 valence electrons. The molecule has 1 spiro atoms. The van der Waals surface area contributed by atoms with Crippen LogP contribution in [0.2, 0.25) is 18.6 Å². The standard InChI is InChI=1S/C36H43FN4O6Si/c1-22-33(48(3,4)37)31(19-32(43)40-16-6-9-27(40)21-42)47-36(22)29-18-28(46-2)14-15-30(29)41(35(36)45)20-23-7-5-8-26(17-23)39-34(44)24-10-12-25(38)13-11-24/h5,7-8,10-15,17-18,22,27,31,33,42H,6,9,16,19-21,38H2,1-4H3,(H,39,44)/t22-,27+,31+,33-,36+/m1/s1. The van der Waals surface area contributed by atoms with Crippen LogP contribution in [0.3, 0.4) is 0 Å². The molecule has 3 aromatic rings. The van der Waals surface area contributed by atoms with Crippen LogP contribution in [0, 0.1) is 5.92 Å². The fraction of sp³-hybridized carbons (Fsp3) is 0.417. The highest BCUT2D eigenvalue weighted by atomic mass is 28.4. The molecule has 4 N–H and O–H groups in total. The highest BCUT2D eigenvalue weighted by Crippen LogP contribution is 2.60. The van der Waals surface area contributed by atoms with Crippen LogP contribution in [-0.2, 0) is 26.5 Å². The SMILES string of the molecule is COc1ccc2c(c1)[C@]1(O[C@@H](CC(=O)N3CCC[C@H]3CO)[C@H]([Si](C)(C)F)[C@H]1C)C(=O)N2Cc1cccc(NC(=O)c2ccc(N)cc2)c1. The first kappa shape index (κ1) is 33.6. The average Bonchev–Trinajstić information content (AvgIpc) is 3.71. The van der Waals surface area contributed by atoms with E-state index in [0.29, 0.717) is 46.9 Å². The van der Waals surface area contributed by atoms with Crippen molar-refractivity contribution in [3.63, 3.8) is 0 Å². The Hall–Kier alpha value is -4.26. The van der Waals surface area contributed by atoms with Gasteiger partial charge < -0.3 is 39.5 Å². The monoisotopic (exact) mass is 674 g/mol. The lowest BCUT2D eigenvalue weighted by Gasteiger charge is -2.31. The number of nitrogens with one attached hydrogen (secondary N) is 1. The van der Waals surface area contributed by atoms with Crippen molar-refractivity contribution in [2.24, 2.45) is 5.92 Å². The molecule has 48 heavy (non-hydrogen) atoms. The van der Waals surface area contributed by atoms with Crippen LogP contribution < -0.4 is 20.7 Å². The fourth-order valence-electron chi connectivity index (χ4n) is 7.92. The van der Waals surface area contributed by atoms with Gasteiger partial charge in [0.1, 0.15) is 5.75 Å². The summed E-state index contributed by atoms with van der Waals surface area (Å²) in [4.78, 5) is 44.6. The lowest BCUT2D eigenvalue weighted by molar-refractivity contribution is -0.150. The third kappa shape index (κ3) is 5.97. The average molecular weight is 675 g/mol. The van der Waals surface area contributed by atoms with Crippen molar-refractivity contribution in [2.75, 3.05) is 36.2 Å². The second kappa shape index (κ2) is 13.0. The molecule has 3 aromatic carbocycles. The molecule has 0 unspecified atom stereocenters. The Morgan fingerprint density at radius 2 is 1.90 bits per heavy atom. The number of carbonyl (C=O) groups is 3. The zero-order chi connectivity index (χ0) is 34.4. The minimum absolute atomic E-state index is 0.0735. The van der Waals surface area contributed by atoms with Gasteiger partial charge >= 0.3 is 0 Å². The fourth-order valence-corrected chi connectivity index (χ4v) is 10.4. The van der Waals surface area contributed by atoms with E-state index < -0.39 is 31.6 Å². The number of amides is 3. The van der Waals surface area contributed by atoms with Crippen molar-refractivity contribution in [1.82, 2.24) is 4.90 Å². The summed E-state index contributed by atoms with van der Waals surface area (Å²) in [5.74, 6) is -0.875. The Morgan fingerprint density at radius 3 is 2.58 bits per heavy atom. The molecule has 0 aromatic heterocycles. The van der Waals surface area contributed by atoms with Crippen LogP contribution in [-0.4, -0.2) is 68.5 Å². The smallest absolute Gasteiger partial charge is 0.264 e. The quantitative estimate of drug-likeness (QED) is 0.161. The van der Waals surface area contributed by atoms with E-state index in [-0.39, 0.29) is 43.3 Å². The van der Waals surface area contributed by atoms with E-state index in [9.17, 15) is 19.5 Å². The molecule has 0 aliphatic carbocycles. The second-order valence-electron chi connectivity index (χ2n) is 13.6. The molecule has 3 aliphatic rings. The zero-order valence-electron chi connectivity index (χ0n) is 27.7. The van der Waals surface area contributed by atoms with Crippen LogP contribution in [0.15, 0.2) is 66.7 Å². The summed E-state index contributed by atoms with van der Waals surface area (Å²) < 4.78 is 28.6. The van der Waals surface area contributed by atoms with Crippen molar-refractivity contribution >= 4 is 43.2 Å². The number of nitrogens with zero attached hydrogens (tertiary/aromatic N) is 2. The van der Waals surface area contributed by atoms with E-state index in [4.69, 9.17) is 15.2 Å². The van der Waals surface area contributed by atoms with Gasteiger partial charge in [-0.1, -0.05) is 19.1 Å². The number of nitrogens with two attached hydrogens (primary N) is 1. The molecule has 3 amide bonds. The van der Waals surface area contributed by atoms with Gasteiger partial charge in [-0.3, -0.25) is 14.4 Å². The number of carbonyl (C=O) groups excluding carboxylic acids is 3. The van der Waals surface area contributed by atoms with Gasteiger partial charge in [0, 0.05) is 40.5 Å². The van der Waals surface area contributed by atoms with E-state index in [0.717, 1.165) is 12.0 Å². The molecule has 0 radical (unpaired) electrons. The van der Waals surface area contributed by atoms with Gasteiger partial charge in [0.25, 0.3) is 11.8 Å². The number of ether oxygens (including phenoxy) is 2. The number of aliphatic hydroxyl groups excluding tert-OH is 1. The van der Waals surface area contributed by atoms with Crippen LogP contribution in [0.5, 0.6) is 5.75 Å². The summed E-state index contributed by atoms with van der Waals surface area (Å²) in [6.07, 6.45) is 0.612. The van der Waals surface area contributed by atoms with Crippen molar-refractivity contribution in [2.45, 2.75) is 69.1 Å². The lowest BCUT2D eigenvalue weighted by Crippen LogP contribution is -2.45. The van der Waals surface area contributed by atoms with Crippen molar-refractivity contribution < 1.29 is 33.1 Å². The maximum absolute atomic E-state index is 16.3. The Bertz CT molecular complexity index is 1720. The predicted molar refractivity (Wildman–Crippen MR) is 184 cm³/mol. The minimum atomic E-state index is -3.49. The first-order chi connectivity index (χ1) is 22.9. The van der Waals surface area contributed by atoms with E-state index in [1.54, 1.807) is 78.5 Å². The third-order valence-corrected chi connectivity index (χ3v) is 12.6. The van der Waals surface area contributed by atoms with Crippen LogP contribution >= 0.6 is 0 Å². The number of fused-ring (bicyclic) bond motifs is 2. The number of hydrogen-bond donors (Lipinski definition) is 3. The topological polar surface area (TPSA) is 134 Å². The third-order valence-electron chi connectivity index (χ3n) is 10.2. The number of hydrogen-bond acceptors (Lipinski definition) is 7. The van der Waals surface area contributed by atoms with Gasteiger partial charge in [-0.2, -0.15) is 0 Å². The Kier molecular flexibility index (Phi) is 9.09. The van der Waals surface area contributed by atoms with Crippen LogP contribution in [0.4, 0.5) is 21.2 Å². The molecule has 0 bridgehead atoms. The Labute approximate surface area is 281 Å². The van der Waals surface area contributed by atoms with E-state index >= 15 is 4.11 Å². The largest absolute Gasteiger partial charge is 0.497 e. The number of anilines is 3. The molecule has 6 rings (SSSR count). The first-order valence-corrected chi connectivity index (χ1v) is 19.4. The van der Waals surface area contributed by atoms with Gasteiger partial charge in [-0.15, -0.1) is 0 Å². The molecule has 2 saturated heterocycles. The highest BCUT2D eigenvalue weighted by Gasteiger charge is 2.67. The first-order valence-electron chi connectivity index (χ1n) is 16.4. The van der Waals surface area contributed by atoms with Crippen molar-refractivity contribution in [1.29, 1.82) is 0 Å². The molecule has 0 saturated carbocycles. The summed E-state index contributed by atoms with van der Waals surface area (Å²) in [5.41, 5.74) is 7.12. The van der Waals surface area contributed by atoms with E-state index in [2.05, 4.69) is 5.32 Å². The molecular weight excluding hydrogens is 632 g/mol. The molecule has 3 heterocycles. The molecule has 12 heteroatoms. The molecular formula is C36H43FN4O6Si. The summed E-state index contributed by atoms with van der Waals surface area (Å²) in [6, 6.07) is 19.0. The second-order valence-corrected chi connectivity index (χ2v) is 17.4. The number of aliphatic hydroxyl groups is 1. The number of halogens is 1. The van der Waals surface area contributed by atoms with E-state index in [1.807, 2.05) is 25.1 Å². The Balaban J connectivity index is 1.32. The van der Waals surface area contributed by atoms with Gasteiger partial charge in [0.05, 0.1) is 44.5 Å². The van der Waals surface area contributed by atoms with Gasteiger partial charge in [-0.05, 0) is 86.1 Å². The normalized spacial score (nSPS) is 25.1. The number of likely N-dealkylation sites (tertiary alicyclic amines) is 1. The summed E-state index contributed by atoms with van der Waals surface area (Å²) >= 11 is 0.